The van der Waals surface area contributed by atoms with Crippen molar-refractivity contribution in [1.29, 1.82) is 0 Å². The molecule has 1 N–H and O–H groups in total. The number of carbonyl (C=O) groups excluding carboxylic acids is 1. The van der Waals surface area contributed by atoms with E-state index in [1.165, 1.54) is 43.5 Å². The summed E-state index contributed by atoms with van der Waals surface area (Å²) < 4.78 is 42.2. The highest BCUT2D eigenvalue weighted by Gasteiger charge is 2.21. The Balaban J connectivity index is 1.84. The van der Waals surface area contributed by atoms with E-state index in [9.17, 15) is 13.2 Å². The number of hydrogen-bond donors (Lipinski definition) is 1. The van der Waals surface area contributed by atoms with Crippen LogP contribution in [0.3, 0.4) is 0 Å². The fourth-order valence-corrected chi connectivity index (χ4v) is 3.33. The molecule has 1 heterocycles. The number of benzene rings is 1. The van der Waals surface area contributed by atoms with E-state index in [4.69, 9.17) is 14.2 Å². The van der Waals surface area contributed by atoms with E-state index in [0.717, 1.165) is 25.9 Å². The van der Waals surface area contributed by atoms with Crippen LogP contribution >= 0.6 is 0 Å². The van der Waals surface area contributed by atoms with Crippen molar-refractivity contribution in [2.24, 2.45) is 0 Å². The zero-order valence-corrected chi connectivity index (χ0v) is 16.7. The smallest absolute Gasteiger partial charge is 0.343 e. The highest BCUT2D eigenvalue weighted by molar-refractivity contribution is 7.89. The van der Waals surface area contributed by atoms with Gasteiger partial charge in [-0.05, 0) is 55.7 Å². The molecular formula is C20H25NO6S. The minimum atomic E-state index is -3.62. The fourth-order valence-electron chi connectivity index (χ4n) is 2.26. The first kappa shape index (κ1) is 21.9. The maximum absolute atomic E-state index is 12.3. The molecule has 1 saturated heterocycles. The number of methoxy groups -OCH3 is 1. The van der Waals surface area contributed by atoms with Gasteiger partial charge in [0.25, 0.3) is 0 Å². The van der Waals surface area contributed by atoms with Crippen molar-refractivity contribution in [3.63, 3.8) is 0 Å². The number of sulfonamides is 1. The fraction of sp³-hybridized carbons (Fsp3) is 0.350. The lowest BCUT2D eigenvalue weighted by atomic mass is 10.2. The first-order valence-corrected chi connectivity index (χ1v) is 10.3. The van der Waals surface area contributed by atoms with Gasteiger partial charge in [0.15, 0.2) is 0 Å². The number of rotatable bonds is 12. The summed E-state index contributed by atoms with van der Waals surface area (Å²) in [5.41, 5.74) is 0.212. The van der Waals surface area contributed by atoms with Gasteiger partial charge >= 0.3 is 5.97 Å². The molecule has 0 saturated carbocycles. The number of epoxide rings is 1. The summed E-state index contributed by atoms with van der Waals surface area (Å²) in [6, 6.07) is 5.52. The van der Waals surface area contributed by atoms with Gasteiger partial charge in [-0.25, -0.2) is 17.9 Å². The molecule has 1 unspecified atom stereocenters. The van der Waals surface area contributed by atoms with E-state index >= 15 is 0 Å². The number of carbonyl (C=O) groups is 1. The Kier molecular flexibility index (Phi) is 7.98. The number of ether oxygens (including phenoxy) is 3. The van der Waals surface area contributed by atoms with Gasteiger partial charge in [0.05, 0.1) is 30.3 Å². The number of nitrogens with one attached hydrogen (secondary N) is 1. The normalized spacial score (nSPS) is 16.0. The Labute approximate surface area is 165 Å². The van der Waals surface area contributed by atoms with Crippen molar-refractivity contribution in [3.05, 3.63) is 66.7 Å². The average molecular weight is 407 g/mol. The third-order valence-electron chi connectivity index (χ3n) is 3.99. The molecule has 1 aromatic carbocycles. The van der Waals surface area contributed by atoms with Gasteiger partial charge in [-0.15, -0.1) is 0 Å². The number of unbranched alkanes of at least 4 members (excludes halogenated alkanes) is 1. The van der Waals surface area contributed by atoms with Crippen LogP contribution in [0.2, 0.25) is 0 Å². The molecule has 2 rings (SSSR count). The van der Waals surface area contributed by atoms with E-state index in [2.05, 4.69) is 17.9 Å². The summed E-state index contributed by atoms with van der Waals surface area (Å²) in [7, 11) is -2.15. The summed E-state index contributed by atoms with van der Waals surface area (Å²) in [6.45, 7) is 8.38. The molecule has 0 radical (unpaired) electrons. The van der Waals surface area contributed by atoms with Crippen LogP contribution in [0.1, 0.15) is 29.6 Å². The highest BCUT2D eigenvalue weighted by Crippen LogP contribution is 2.17. The van der Waals surface area contributed by atoms with Gasteiger partial charge in [0.2, 0.25) is 10.0 Å². The minimum absolute atomic E-state index is 0.0877. The first-order chi connectivity index (χ1) is 13.3. The Morgan fingerprint density at radius 3 is 2.46 bits per heavy atom. The molecule has 7 nitrogen and oxygen atoms in total. The Morgan fingerprint density at radius 1 is 1.21 bits per heavy atom. The molecule has 1 aliphatic heterocycles. The monoisotopic (exact) mass is 407 g/mol. The Hall–Kier alpha value is -2.42. The third-order valence-corrected chi connectivity index (χ3v) is 5.47. The molecule has 0 amide bonds. The lowest BCUT2D eigenvalue weighted by Crippen LogP contribution is -2.24. The lowest BCUT2D eigenvalue weighted by Gasteiger charge is -2.08. The van der Waals surface area contributed by atoms with Gasteiger partial charge in [-0.3, -0.25) is 0 Å². The van der Waals surface area contributed by atoms with Crippen molar-refractivity contribution < 1.29 is 27.4 Å². The van der Waals surface area contributed by atoms with Crippen LogP contribution in [0.4, 0.5) is 0 Å². The predicted molar refractivity (Wildman–Crippen MR) is 105 cm³/mol. The van der Waals surface area contributed by atoms with Crippen molar-refractivity contribution in [1.82, 2.24) is 4.72 Å². The molecular weight excluding hydrogens is 382 g/mol. The molecule has 28 heavy (non-hydrogen) atoms. The quantitative estimate of drug-likeness (QED) is 0.188. The largest absolute Gasteiger partial charge is 0.497 e. The van der Waals surface area contributed by atoms with Crippen LogP contribution in [0.15, 0.2) is 66.0 Å². The highest BCUT2D eigenvalue weighted by atomic mass is 32.2. The van der Waals surface area contributed by atoms with Crippen molar-refractivity contribution in [2.45, 2.75) is 30.3 Å². The maximum atomic E-state index is 12.3. The lowest BCUT2D eigenvalue weighted by molar-refractivity contribution is 0.0638. The molecule has 1 aromatic rings. The molecule has 0 aliphatic carbocycles. The summed E-state index contributed by atoms with van der Waals surface area (Å²) in [5.74, 6) is -0.143. The number of hydrogen-bond acceptors (Lipinski definition) is 6. The van der Waals surface area contributed by atoms with Crippen LogP contribution in [0.25, 0.3) is 0 Å². The number of allylic oxidation sites excluding steroid dienone is 2. The van der Waals surface area contributed by atoms with Crippen LogP contribution in [-0.2, 0) is 24.2 Å². The molecule has 0 aromatic heterocycles. The third kappa shape index (κ3) is 7.30. The molecule has 8 heteroatoms. The van der Waals surface area contributed by atoms with Gasteiger partial charge in [0.1, 0.15) is 11.5 Å². The predicted octanol–water partition coefficient (Wildman–Crippen LogP) is 2.92. The zero-order valence-electron chi connectivity index (χ0n) is 15.8. The SMILES string of the molecule is C=C(/C=C\C(=C)OC(=O)c1ccc(S(=O)(=O)NCCCCC2CO2)cc1)OC. The Bertz CT molecular complexity index is 838. The van der Waals surface area contributed by atoms with Crippen LogP contribution < -0.4 is 4.72 Å². The Morgan fingerprint density at radius 2 is 1.86 bits per heavy atom. The van der Waals surface area contributed by atoms with Gasteiger partial charge in [-0.2, -0.15) is 0 Å². The molecule has 1 atom stereocenters. The first-order valence-electron chi connectivity index (χ1n) is 8.85. The van der Waals surface area contributed by atoms with Crippen LogP contribution in [0.5, 0.6) is 0 Å². The van der Waals surface area contributed by atoms with E-state index in [1.54, 1.807) is 0 Å². The van der Waals surface area contributed by atoms with Gasteiger partial charge in [-0.1, -0.05) is 13.2 Å². The molecule has 152 valence electrons. The van der Waals surface area contributed by atoms with Crippen LogP contribution in [-0.4, -0.2) is 40.8 Å². The molecule has 1 fully saturated rings. The topological polar surface area (TPSA) is 94.2 Å². The van der Waals surface area contributed by atoms with Crippen molar-refractivity contribution >= 4 is 16.0 Å². The summed E-state index contributed by atoms with van der Waals surface area (Å²) >= 11 is 0. The van der Waals surface area contributed by atoms with E-state index in [1.807, 2.05) is 0 Å². The summed E-state index contributed by atoms with van der Waals surface area (Å²) in [6.07, 6.45) is 5.92. The van der Waals surface area contributed by atoms with E-state index in [-0.39, 0.29) is 16.2 Å². The van der Waals surface area contributed by atoms with Crippen LogP contribution in [0, 0.1) is 0 Å². The van der Waals surface area contributed by atoms with Gasteiger partial charge < -0.3 is 14.2 Å². The van der Waals surface area contributed by atoms with Crippen molar-refractivity contribution in [2.75, 3.05) is 20.3 Å². The van der Waals surface area contributed by atoms with E-state index < -0.39 is 16.0 Å². The second-order valence-corrected chi connectivity index (χ2v) is 8.00. The second kappa shape index (κ2) is 10.2. The van der Waals surface area contributed by atoms with Gasteiger partial charge in [0, 0.05) is 6.54 Å². The molecule has 0 bridgehead atoms. The summed E-state index contributed by atoms with van der Waals surface area (Å²) in [4.78, 5) is 12.2. The summed E-state index contributed by atoms with van der Waals surface area (Å²) in [5, 5.41) is 0. The minimum Gasteiger partial charge on any atom is -0.497 e. The molecule has 1 aliphatic rings. The zero-order chi connectivity index (χ0) is 20.6. The molecule has 0 spiro atoms. The average Bonchev–Trinajstić information content (AvgIpc) is 3.50. The van der Waals surface area contributed by atoms with Crippen molar-refractivity contribution in [3.8, 4) is 0 Å². The second-order valence-electron chi connectivity index (χ2n) is 6.23. The maximum Gasteiger partial charge on any atom is 0.343 e. The van der Waals surface area contributed by atoms with E-state index in [0.29, 0.717) is 18.4 Å². The standard InChI is InChI=1S/C20H25NO6S/c1-15(25-3)7-8-16(2)27-20(22)17-9-11-19(12-10-17)28(23,24)21-13-5-4-6-18-14-26-18/h7-12,18,21H,1-2,4-6,13-14H2,3H3/b8-7-. The number of esters is 1.